The Morgan fingerprint density at radius 2 is 2.12 bits per heavy atom. The molecule has 1 saturated heterocycles. The van der Waals surface area contributed by atoms with Crippen molar-refractivity contribution in [3.63, 3.8) is 0 Å². The van der Waals surface area contributed by atoms with Crippen molar-refractivity contribution in [1.29, 1.82) is 0 Å². The number of quaternary nitrogens is 1. The number of anilines is 1. The van der Waals surface area contributed by atoms with Crippen molar-refractivity contribution in [3.8, 4) is 0 Å². The molecule has 1 fully saturated rings. The van der Waals surface area contributed by atoms with Gasteiger partial charge in [0.05, 0.1) is 19.7 Å². The van der Waals surface area contributed by atoms with Gasteiger partial charge in [-0.3, -0.25) is 9.59 Å². The standard InChI is InChI=1S/C20H30N2O3/c1-5-25-20(24)16-9-7-11-22(12-16)13-18(23)21-19-15(4)8-6-10-17(19)14(2)3/h6,8,10,14,16H,5,7,9,11-13H2,1-4H3,(H,21,23)/p+1/t16-/m1/s1. The fourth-order valence-corrected chi connectivity index (χ4v) is 3.53. The summed E-state index contributed by atoms with van der Waals surface area (Å²) in [7, 11) is 0. The number of rotatable bonds is 6. The topological polar surface area (TPSA) is 59.8 Å². The molecule has 0 saturated carbocycles. The number of esters is 1. The first-order valence-corrected chi connectivity index (χ1v) is 9.31. The van der Waals surface area contributed by atoms with E-state index >= 15 is 0 Å². The van der Waals surface area contributed by atoms with Crippen LogP contribution in [0.4, 0.5) is 5.69 Å². The molecule has 0 aromatic heterocycles. The third kappa shape index (κ3) is 5.30. The minimum Gasteiger partial charge on any atom is -0.466 e. The molecule has 1 aliphatic heterocycles. The number of likely N-dealkylation sites (tertiary alicyclic amines) is 1. The van der Waals surface area contributed by atoms with Crippen molar-refractivity contribution in [2.24, 2.45) is 5.92 Å². The quantitative estimate of drug-likeness (QED) is 0.773. The molecule has 0 spiro atoms. The molecule has 1 aromatic carbocycles. The SMILES string of the molecule is CCOC(=O)[C@@H]1CCC[NH+](CC(=O)Nc2c(C)cccc2C(C)C)C1. The number of hydrogen-bond donors (Lipinski definition) is 2. The van der Waals surface area contributed by atoms with E-state index in [-0.39, 0.29) is 17.8 Å². The van der Waals surface area contributed by atoms with E-state index in [1.54, 1.807) is 0 Å². The first kappa shape index (κ1) is 19.4. The maximum absolute atomic E-state index is 12.6. The van der Waals surface area contributed by atoms with E-state index in [9.17, 15) is 9.59 Å². The van der Waals surface area contributed by atoms with Crippen LogP contribution in [0.3, 0.4) is 0 Å². The van der Waals surface area contributed by atoms with Crippen molar-refractivity contribution in [1.82, 2.24) is 0 Å². The highest BCUT2D eigenvalue weighted by atomic mass is 16.5. The average molecular weight is 347 g/mol. The van der Waals surface area contributed by atoms with Gasteiger partial charge in [0.15, 0.2) is 6.54 Å². The van der Waals surface area contributed by atoms with Crippen LogP contribution in [0.2, 0.25) is 0 Å². The molecule has 1 aromatic rings. The Hall–Kier alpha value is -1.88. The first-order valence-electron chi connectivity index (χ1n) is 9.31. The van der Waals surface area contributed by atoms with Gasteiger partial charge < -0.3 is 15.0 Å². The number of ether oxygens (including phenoxy) is 1. The smallest absolute Gasteiger partial charge is 0.314 e. The number of hydrogen-bond acceptors (Lipinski definition) is 3. The Labute approximate surface area is 150 Å². The summed E-state index contributed by atoms with van der Waals surface area (Å²) in [6, 6.07) is 6.12. The number of piperidine rings is 1. The van der Waals surface area contributed by atoms with Crippen molar-refractivity contribution >= 4 is 17.6 Å². The van der Waals surface area contributed by atoms with Crippen LogP contribution in [0.1, 0.15) is 50.7 Å². The summed E-state index contributed by atoms with van der Waals surface area (Å²) in [4.78, 5) is 25.7. The van der Waals surface area contributed by atoms with E-state index < -0.39 is 0 Å². The fourth-order valence-electron chi connectivity index (χ4n) is 3.53. The summed E-state index contributed by atoms with van der Waals surface area (Å²) < 4.78 is 5.14. The summed E-state index contributed by atoms with van der Waals surface area (Å²) in [6.45, 7) is 10.5. The second-order valence-corrected chi connectivity index (χ2v) is 7.21. The molecule has 25 heavy (non-hydrogen) atoms. The lowest BCUT2D eigenvalue weighted by molar-refractivity contribution is -0.899. The number of aryl methyl sites for hydroxylation is 1. The zero-order valence-corrected chi connectivity index (χ0v) is 15.9. The molecule has 1 amide bonds. The minimum absolute atomic E-state index is 0.00992. The summed E-state index contributed by atoms with van der Waals surface area (Å²) >= 11 is 0. The predicted octanol–water partition coefficient (Wildman–Crippen LogP) is 1.91. The van der Waals surface area contributed by atoms with Gasteiger partial charge in [-0.15, -0.1) is 0 Å². The summed E-state index contributed by atoms with van der Waals surface area (Å²) in [5, 5.41) is 3.10. The van der Waals surface area contributed by atoms with Crippen LogP contribution in [0.25, 0.3) is 0 Å². The van der Waals surface area contributed by atoms with E-state index in [0.717, 1.165) is 41.1 Å². The van der Waals surface area contributed by atoms with Crippen molar-refractivity contribution in [2.75, 3.05) is 31.6 Å². The van der Waals surface area contributed by atoms with Gasteiger partial charge in [-0.05, 0) is 43.7 Å². The molecule has 0 aliphatic carbocycles. The second-order valence-electron chi connectivity index (χ2n) is 7.21. The molecule has 2 N–H and O–H groups in total. The van der Waals surface area contributed by atoms with E-state index in [0.29, 0.717) is 25.6 Å². The van der Waals surface area contributed by atoms with Gasteiger partial charge in [0.25, 0.3) is 5.91 Å². The molecule has 2 rings (SSSR count). The Bertz CT molecular complexity index is 613. The van der Waals surface area contributed by atoms with E-state index in [1.165, 1.54) is 0 Å². The molecule has 5 nitrogen and oxygen atoms in total. The second kappa shape index (κ2) is 8.99. The highest BCUT2D eigenvalue weighted by Crippen LogP contribution is 2.27. The lowest BCUT2D eigenvalue weighted by Gasteiger charge is -2.28. The number of carbonyl (C=O) groups is 2. The van der Waals surface area contributed by atoms with Crippen molar-refractivity contribution in [2.45, 2.75) is 46.5 Å². The highest BCUT2D eigenvalue weighted by Gasteiger charge is 2.30. The predicted molar refractivity (Wildman–Crippen MR) is 98.8 cm³/mol. The molecular weight excluding hydrogens is 316 g/mol. The molecular formula is C20H31N2O3+. The molecule has 5 heteroatoms. The Morgan fingerprint density at radius 1 is 1.36 bits per heavy atom. The van der Waals surface area contributed by atoms with Gasteiger partial charge in [0.1, 0.15) is 5.92 Å². The molecule has 1 unspecified atom stereocenters. The number of nitrogens with one attached hydrogen (secondary N) is 2. The molecule has 0 bridgehead atoms. The largest absolute Gasteiger partial charge is 0.466 e. The molecule has 1 aliphatic rings. The van der Waals surface area contributed by atoms with Crippen LogP contribution in [0.5, 0.6) is 0 Å². The van der Waals surface area contributed by atoms with Gasteiger partial charge in [-0.25, -0.2) is 0 Å². The highest BCUT2D eigenvalue weighted by molar-refractivity contribution is 5.93. The van der Waals surface area contributed by atoms with E-state index in [2.05, 4.69) is 25.2 Å². The number of para-hydroxylation sites is 1. The third-order valence-corrected chi connectivity index (χ3v) is 4.84. The molecule has 138 valence electrons. The van der Waals surface area contributed by atoms with Crippen LogP contribution >= 0.6 is 0 Å². The monoisotopic (exact) mass is 347 g/mol. The van der Waals surface area contributed by atoms with Gasteiger partial charge in [-0.1, -0.05) is 32.0 Å². The van der Waals surface area contributed by atoms with Crippen LogP contribution < -0.4 is 10.2 Å². The minimum atomic E-state index is -0.124. The zero-order chi connectivity index (χ0) is 18.4. The Morgan fingerprint density at radius 3 is 2.80 bits per heavy atom. The van der Waals surface area contributed by atoms with Gasteiger partial charge in [0.2, 0.25) is 0 Å². The number of amides is 1. The van der Waals surface area contributed by atoms with Gasteiger partial charge in [-0.2, -0.15) is 0 Å². The molecule has 2 atom stereocenters. The van der Waals surface area contributed by atoms with E-state index in [1.807, 2.05) is 26.0 Å². The van der Waals surface area contributed by atoms with Crippen molar-refractivity contribution < 1.29 is 19.2 Å². The first-order chi connectivity index (χ1) is 11.9. The fraction of sp³-hybridized carbons (Fsp3) is 0.600. The summed E-state index contributed by atoms with van der Waals surface area (Å²) in [6.07, 6.45) is 1.81. The maximum Gasteiger partial charge on any atom is 0.314 e. The number of benzene rings is 1. The van der Waals surface area contributed by atoms with E-state index in [4.69, 9.17) is 4.74 Å². The maximum atomic E-state index is 12.6. The summed E-state index contributed by atoms with van der Waals surface area (Å²) in [5.74, 6) is 0.156. The normalized spacial score (nSPS) is 20.4. The van der Waals surface area contributed by atoms with Crippen LogP contribution in [0.15, 0.2) is 18.2 Å². The Balaban J connectivity index is 1.98. The van der Waals surface area contributed by atoms with Gasteiger partial charge in [0, 0.05) is 5.69 Å². The van der Waals surface area contributed by atoms with Gasteiger partial charge >= 0.3 is 5.97 Å². The summed E-state index contributed by atoms with van der Waals surface area (Å²) in [5.41, 5.74) is 3.17. The van der Waals surface area contributed by atoms with Crippen molar-refractivity contribution in [3.05, 3.63) is 29.3 Å². The number of carbonyl (C=O) groups excluding carboxylic acids is 2. The third-order valence-electron chi connectivity index (χ3n) is 4.84. The van der Waals surface area contributed by atoms with Crippen LogP contribution in [-0.4, -0.2) is 38.1 Å². The zero-order valence-electron chi connectivity index (χ0n) is 15.9. The molecule has 1 heterocycles. The molecule has 0 radical (unpaired) electrons. The lowest BCUT2D eigenvalue weighted by atomic mass is 9.97. The average Bonchev–Trinajstić information content (AvgIpc) is 2.57. The van der Waals surface area contributed by atoms with Crippen LogP contribution in [0, 0.1) is 12.8 Å². The van der Waals surface area contributed by atoms with Crippen LogP contribution in [-0.2, 0) is 14.3 Å². The Kier molecular flexibility index (Phi) is 7.00. The lowest BCUT2D eigenvalue weighted by Crippen LogP contribution is -3.14.